The van der Waals surface area contributed by atoms with E-state index in [0.29, 0.717) is 5.56 Å². The third-order valence-corrected chi connectivity index (χ3v) is 3.14. The molecule has 2 N–H and O–H groups in total. The molecule has 2 rings (SSSR count). The van der Waals surface area contributed by atoms with Crippen LogP contribution in [0.3, 0.4) is 0 Å². The van der Waals surface area contributed by atoms with Gasteiger partial charge in [0, 0.05) is 18.4 Å². The van der Waals surface area contributed by atoms with E-state index < -0.39 is 0 Å². The minimum atomic E-state index is -0.0649. The highest BCUT2D eigenvalue weighted by molar-refractivity contribution is 5.94. The number of aromatic nitrogens is 1. The second kappa shape index (κ2) is 8.04. The predicted molar refractivity (Wildman–Crippen MR) is 85.8 cm³/mol. The number of para-hydroxylation sites is 1. The van der Waals surface area contributed by atoms with Crippen LogP contribution < -0.4 is 10.6 Å². The lowest BCUT2D eigenvalue weighted by molar-refractivity contribution is 0.0952. The number of pyridine rings is 1. The van der Waals surface area contributed by atoms with E-state index in [-0.39, 0.29) is 5.91 Å². The quantitative estimate of drug-likeness (QED) is 0.761. The Morgan fingerprint density at radius 2 is 1.90 bits per heavy atom. The standard InChI is InChI=1S/C17H21N3O/c1-2-3-7-12-18-17(21)14-10-11-16(19-13-14)20-15-8-5-4-6-9-15/h4-6,8-11,13H,2-3,7,12H2,1H3,(H,18,21)(H,19,20). The molecule has 0 aliphatic carbocycles. The Labute approximate surface area is 125 Å². The van der Waals surface area contributed by atoms with Crippen molar-refractivity contribution in [2.24, 2.45) is 0 Å². The molecule has 0 bridgehead atoms. The van der Waals surface area contributed by atoms with Crippen molar-refractivity contribution >= 4 is 17.4 Å². The van der Waals surface area contributed by atoms with Crippen LogP contribution in [0.25, 0.3) is 0 Å². The topological polar surface area (TPSA) is 54.0 Å². The Hall–Kier alpha value is -2.36. The molecule has 0 aliphatic heterocycles. The van der Waals surface area contributed by atoms with Crippen molar-refractivity contribution < 1.29 is 4.79 Å². The van der Waals surface area contributed by atoms with Gasteiger partial charge in [-0.3, -0.25) is 4.79 Å². The van der Waals surface area contributed by atoms with Crippen molar-refractivity contribution in [3.8, 4) is 0 Å². The maximum atomic E-state index is 11.9. The van der Waals surface area contributed by atoms with Gasteiger partial charge < -0.3 is 10.6 Å². The first-order valence-electron chi connectivity index (χ1n) is 7.36. The average molecular weight is 283 g/mol. The summed E-state index contributed by atoms with van der Waals surface area (Å²) in [5.41, 5.74) is 1.56. The maximum absolute atomic E-state index is 11.9. The van der Waals surface area contributed by atoms with Gasteiger partial charge in [-0.1, -0.05) is 38.0 Å². The van der Waals surface area contributed by atoms with Crippen LogP contribution in [-0.2, 0) is 0 Å². The van der Waals surface area contributed by atoms with Crippen molar-refractivity contribution in [3.05, 3.63) is 54.2 Å². The largest absolute Gasteiger partial charge is 0.352 e. The Morgan fingerprint density at radius 3 is 2.57 bits per heavy atom. The average Bonchev–Trinajstić information content (AvgIpc) is 2.53. The summed E-state index contributed by atoms with van der Waals surface area (Å²) in [5.74, 6) is 0.661. The number of unbranched alkanes of at least 4 members (excludes halogenated alkanes) is 2. The Balaban J connectivity index is 1.88. The number of hydrogen-bond acceptors (Lipinski definition) is 3. The molecule has 1 aromatic carbocycles. The first kappa shape index (κ1) is 15.0. The van der Waals surface area contributed by atoms with Gasteiger partial charge >= 0.3 is 0 Å². The monoisotopic (exact) mass is 283 g/mol. The molecule has 0 unspecified atom stereocenters. The van der Waals surface area contributed by atoms with E-state index in [9.17, 15) is 4.79 Å². The van der Waals surface area contributed by atoms with Crippen LogP contribution >= 0.6 is 0 Å². The lowest BCUT2D eigenvalue weighted by Gasteiger charge is -2.07. The van der Waals surface area contributed by atoms with E-state index in [1.54, 1.807) is 12.3 Å². The van der Waals surface area contributed by atoms with Crippen LogP contribution in [0, 0.1) is 0 Å². The third-order valence-electron chi connectivity index (χ3n) is 3.14. The number of rotatable bonds is 7. The van der Waals surface area contributed by atoms with Gasteiger partial charge in [0.2, 0.25) is 0 Å². The van der Waals surface area contributed by atoms with Crippen LogP contribution in [0.5, 0.6) is 0 Å². The zero-order valence-corrected chi connectivity index (χ0v) is 12.3. The second-order valence-electron chi connectivity index (χ2n) is 4.89. The number of carbonyl (C=O) groups excluding carboxylic acids is 1. The molecule has 0 aliphatic rings. The summed E-state index contributed by atoms with van der Waals surface area (Å²) in [5, 5.41) is 6.09. The first-order chi connectivity index (χ1) is 10.3. The van der Waals surface area contributed by atoms with Crippen molar-refractivity contribution in [1.29, 1.82) is 0 Å². The molecule has 21 heavy (non-hydrogen) atoms. The minimum Gasteiger partial charge on any atom is -0.352 e. The molecule has 1 aromatic heterocycles. The molecule has 4 nitrogen and oxygen atoms in total. The van der Waals surface area contributed by atoms with Crippen LogP contribution in [0.1, 0.15) is 36.5 Å². The van der Waals surface area contributed by atoms with Gasteiger partial charge in [0.1, 0.15) is 5.82 Å². The molecule has 1 amide bonds. The van der Waals surface area contributed by atoms with Crippen LogP contribution in [0.4, 0.5) is 11.5 Å². The van der Waals surface area contributed by atoms with Crippen molar-refractivity contribution in [2.45, 2.75) is 26.2 Å². The number of benzene rings is 1. The number of anilines is 2. The molecule has 1 heterocycles. The Kier molecular flexibility index (Phi) is 5.76. The number of nitrogens with zero attached hydrogens (tertiary/aromatic N) is 1. The van der Waals surface area contributed by atoms with Crippen molar-refractivity contribution in [2.75, 3.05) is 11.9 Å². The highest BCUT2D eigenvalue weighted by atomic mass is 16.1. The molecule has 4 heteroatoms. The first-order valence-corrected chi connectivity index (χ1v) is 7.36. The molecule has 0 saturated heterocycles. The lowest BCUT2D eigenvalue weighted by atomic mass is 10.2. The number of nitrogens with one attached hydrogen (secondary N) is 2. The maximum Gasteiger partial charge on any atom is 0.252 e. The van der Waals surface area contributed by atoms with Crippen LogP contribution in [0.2, 0.25) is 0 Å². The van der Waals surface area contributed by atoms with Gasteiger partial charge in [-0.15, -0.1) is 0 Å². The fourth-order valence-electron chi connectivity index (χ4n) is 1.95. The van der Waals surface area contributed by atoms with E-state index in [4.69, 9.17) is 0 Å². The van der Waals surface area contributed by atoms with Gasteiger partial charge in [0.25, 0.3) is 5.91 Å². The normalized spacial score (nSPS) is 10.1. The fourth-order valence-corrected chi connectivity index (χ4v) is 1.95. The zero-order chi connectivity index (χ0) is 14.9. The summed E-state index contributed by atoms with van der Waals surface area (Å²) in [6.07, 6.45) is 4.90. The molecule has 0 spiro atoms. The lowest BCUT2D eigenvalue weighted by Crippen LogP contribution is -2.24. The molecule has 0 saturated carbocycles. The smallest absolute Gasteiger partial charge is 0.252 e. The van der Waals surface area contributed by atoms with Crippen LogP contribution in [-0.4, -0.2) is 17.4 Å². The van der Waals surface area contributed by atoms with Crippen molar-refractivity contribution in [1.82, 2.24) is 10.3 Å². The van der Waals surface area contributed by atoms with E-state index in [2.05, 4.69) is 22.5 Å². The van der Waals surface area contributed by atoms with Gasteiger partial charge in [-0.25, -0.2) is 4.98 Å². The molecule has 0 radical (unpaired) electrons. The molecular formula is C17H21N3O. The number of carbonyl (C=O) groups is 1. The fraction of sp³-hybridized carbons (Fsp3) is 0.294. The Morgan fingerprint density at radius 1 is 1.10 bits per heavy atom. The molecular weight excluding hydrogens is 262 g/mol. The molecule has 0 fully saturated rings. The van der Waals surface area contributed by atoms with Gasteiger partial charge in [-0.05, 0) is 30.7 Å². The van der Waals surface area contributed by atoms with E-state index in [1.807, 2.05) is 36.4 Å². The highest BCUT2D eigenvalue weighted by Crippen LogP contribution is 2.13. The summed E-state index contributed by atoms with van der Waals surface area (Å²) >= 11 is 0. The Bertz CT molecular complexity index is 552. The highest BCUT2D eigenvalue weighted by Gasteiger charge is 2.05. The third kappa shape index (κ3) is 4.91. The number of hydrogen-bond donors (Lipinski definition) is 2. The van der Waals surface area contributed by atoms with Gasteiger partial charge in [0.05, 0.1) is 5.56 Å². The van der Waals surface area contributed by atoms with E-state index in [1.165, 1.54) is 0 Å². The molecule has 0 atom stereocenters. The van der Waals surface area contributed by atoms with E-state index >= 15 is 0 Å². The zero-order valence-electron chi connectivity index (χ0n) is 12.3. The summed E-state index contributed by atoms with van der Waals surface area (Å²) in [7, 11) is 0. The van der Waals surface area contributed by atoms with Crippen molar-refractivity contribution in [3.63, 3.8) is 0 Å². The van der Waals surface area contributed by atoms with E-state index in [0.717, 1.165) is 37.3 Å². The minimum absolute atomic E-state index is 0.0649. The predicted octanol–water partition coefficient (Wildman–Crippen LogP) is 3.75. The SMILES string of the molecule is CCCCCNC(=O)c1ccc(Nc2ccccc2)nc1. The second-order valence-corrected chi connectivity index (χ2v) is 4.89. The summed E-state index contributed by atoms with van der Waals surface area (Å²) in [6.45, 7) is 2.86. The summed E-state index contributed by atoms with van der Waals surface area (Å²) in [6, 6.07) is 13.4. The molecule has 110 valence electrons. The summed E-state index contributed by atoms with van der Waals surface area (Å²) in [4.78, 5) is 16.2. The number of amides is 1. The van der Waals surface area contributed by atoms with Gasteiger partial charge in [0.15, 0.2) is 0 Å². The van der Waals surface area contributed by atoms with Gasteiger partial charge in [-0.2, -0.15) is 0 Å². The van der Waals surface area contributed by atoms with Crippen LogP contribution in [0.15, 0.2) is 48.7 Å². The molecule has 2 aromatic rings. The summed E-state index contributed by atoms with van der Waals surface area (Å²) < 4.78 is 0.